The van der Waals surface area contributed by atoms with Crippen LogP contribution in [0.3, 0.4) is 0 Å². The molecule has 1 N–H and O–H groups in total. The maximum absolute atomic E-state index is 12.3. The summed E-state index contributed by atoms with van der Waals surface area (Å²) in [5, 5.41) is 8.68. The zero-order chi connectivity index (χ0) is 17.7. The third-order valence-corrected chi connectivity index (χ3v) is 4.13. The van der Waals surface area contributed by atoms with Crippen molar-refractivity contribution >= 4 is 23.2 Å². The van der Waals surface area contributed by atoms with E-state index < -0.39 is 16.6 Å². The van der Waals surface area contributed by atoms with Crippen LogP contribution in [0.1, 0.15) is 16.7 Å². The number of benzene rings is 3. The van der Waals surface area contributed by atoms with Crippen molar-refractivity contribution in [3.63, 3.8) is 0 Å². The van der Waals surface area contributed by atoms with Crippen molar-refractivity contribution < 1.29 is 14.6 Å². The highest BCUT2D eigenvalue weighted by Crippen LogP contribution is 2.40. The molecule has 0 fully saturated rings. The van der Waals surface area contributed by atoms with E-state index in [0.717, 1.165) is 16.7 Å². The Bertz CT molecular complexity index is 765. The second-order valence-corrected chi connectivity index (χ2v) is 5.86. The summed E-state index contributed by atoms with van der Waals surface area (Å²) in [6.07, 6.45) is 0. The van der Waals surface area contributed by atoms with Gasteiger partial charge in [0.1, 0.15) is 0 Å². The topological polar surface area (TPSA) is 46.5 Å². The van der Waals surface area contributed by atoms with Gasteiger partial charge in [-0.15, -0.1) is 0 Å². The lowest BCUT2D eigenvalue weighted by atomic mass is 9.80. The maximum Gasteiger partial charge on any atom is 0.386 e. The molecule has 3 aromatic rings. The van der Waals surface area contributed by atoms with Gasteiger partial charge in [-0.1, -0.05) is 91.0 Å². The molecule has 3 rings (SSSR count). The molecule has 0 aliphatic heterocycles. The summed E-state index contributed by atoms with van der Waals surface area (Å²) in [5.41, 5.74) is 1.07. The van der Waals surface area contributed by atoms with Gasteiger partial charge in [-0.3, -0.25) is 0 Å². The summed E-state index contributed by atoms with van der Waals surface area (Å²) in [6.45, 7) is 0. The lowest BCUT2D eigenvalue weighted by molar-refractivity contribution is -0.145. The molecule has 0 heterocycles. The van der Waals surface area contributed by atoms with Crippen LogP contribution >= 0.6 is 12.2 Å². The predicted octanol–water partition coefficient (Wildman–Crippen LogP) is 4.41. The Kier molecular flexibility index (Phi) is 4.91. The lowest BCUT2D eigenvalue weighted by Gasteiger charge is -2.34. The highest BCUT2D eigenvalue weighted by atomic mass is 32.1. The molecule has 0 saturated heterocycles. The van der Waals surface area contributed by atoms with Crippen molar-refractivity contribution in [1.29, 1.82) is 0 Å². The number of aliphatic hydroxyl groups is 1. The SMILES string of the molecule is O=C(OC(c1ccccc1)(c1ccccc1)c1ccccc1)C(O)=S. The Hall–Kier alpha value is -2.98. The Balaban J connectivity index is 2.31. The quantitative estimate of drug-likeness (QED) is 0.431. The van der Waals surface area contributed by atoms with Gasteiger partial charge in [0.05, 0.1) is 0 Å². The molecule has 4 heteroatoms. The normalized spacial score (nSPS) is 10.9. The van der Waals surface area contributed by atoms with E-state index in [0.29, 0.717) is 0 Å². The van der Waals surface area contributed by atoms with Gasteiger partial charge in [-0.2, -0.15) is 0 Å². The molecule has 0 spiro atoms. The molecular formula is C21H16O3S. The van der Waals surface area contributed by atoms with Gasteiger partial charge in [0.25, 0.3) is 5.05 Å². The highest BCUT2D eigenvalue weighted by Gasteiger charge is 2.41. The summed E-state index contributed by atoms with van der Waals surface area (Å²) in [7, 11) is 0. The van der Waals surface area contributed by atoms with Gasteiger partial charge < -0.3 is 9.84 Å². The van der Waals surface area contributed by atoms with Crippen LogP contribution in [0.25, 0.3) is 0 Å². The van der Waals surface area contributed by atoms with Crippen LogP contribution in [-0.4, -0.2) is 16.1 Å². The van der Waals surface area contributed by atoms with E-state index in [1.54, 1.807) is 0 Å². The fourth-order valence-corrected chi connectivity index (χ4v) is 2.92. The van der Waals surface area contributed by atoms with Gasteiger partial charge >= 0.3 is 5.97 Å². The molecule has 3 nitrogen and oxygen atoms in total. The molecule has 3 aromatic carbocycles. The first-order valence-corrected chi connectivity index (χ1v) is 8.18. The Morgan fingerprint density at radius 3 is 1.32 bits per heavy atom. The molecular weight excluding hydrogens is 332 g/mol. The van der Waals surface area contributed by atoms with Crippen LogP contribution in [-0.2, 0) is 15.1 Å². The average Bonchev–Trinajstić information content (AvgIpc) is 2.68. The van der Waals surface area contributed by atoms with E-state index in [1.165, 1.54) is 0 Å². The van der Waals surface area contributed by atoms with Gasteiger partial charge in [-0.25, -0.2) is 4.79 Å². The molecule has 0 radical (unpaired) electrons. The van der Waals surface area contributed by atoms with E-state index in [1.807, 2.05) is 91.0 Å². The van der Waals surface area contributed by atoms with Gasteiger partial charge in [-0.05, 0) is 12.2 Å². The molecule has 0 aliphatic carbocycles. The number of carbonyl (C=O) groups is 1. The van der Waals surface area contributed by atoms with Crippen LogP contribution in [0.5, 0.6) is 0 Å². The van der Waals surface area contributed by atoms with Crippen molar-refractivity contribution in [2.24, 2.45) is 0 Å². The third-order valence-electron chi connectivity index (χ3n) is 3.96. The Morgan fingerprint density at radius 1 is 0.720 bits per heavy atom. The van der Waals surface area contributed by atoms with Crippen molar-refractivity contribution in [2.45, 2.75) is 5.60 Å². The lowest BCUT2D eigenvalue weighted by Crippen LogP contribution is -2.37. The first kappa shape index (κ1) is 16.9. The van der Waals surface area contributed by atoms with Crippen LogP contribution < -0.4 is 0 Å². The zero-order valence-electron chi connectivity index (χ0n) is 13.3. The van der Waals surface area contributed by atoms with Crippen LogP contribution in [0.2, 0.25) is 0 Å². The number of rotatable bonds is 4. The van der Waals surface area contributed by atoms with Gasteiger partial charge in [0.15, 0.2) is 5.60 Å². The second-order valence-electron chi connectivity index (χ2n) is 5.47. The summed E-state index contributed by atoms with van der Waals surface area (Å²) in [4.78, 5) is 12.3. The number of hydrogen-bond acceptors (Lipinski definition) is 3. The smallest absolute Gasteiger partial charge is 0.386 e. The Morgan fingerprint density at radius 2 is 1.04 bits per heavy atom. The minimum atomic E-state index is -1.21. The Labute approximate surface area is 151 Å². The standard InChI is InChI=1S/C21H16O3S/c22-19(20(23)25)24-21(16-10-4-1-5-11-16,17-12-6-2-7-13-17)18-14-8-3-9-15-18/h1-15H,(H,23,25). The van der Waals surface area contributed by atoms with E-state index in [2.05, 4.69) is 12.2 Å². The first-order chi connectivity index (χ1) is 12.1. The van der Waals surface area contributed by atoms with Crippen LogP contribution in [0, 0.1) is 0 Å². The van der Waals surface area contributed by atoms with Crippen LogP contribution in [0.4, 0.5) is 0 Å². The van der Waals surface area contributed by atoms with E-state index in [4.69, 9.17) is 4.74 Å². The summed E-state index contributed by atoms with van der Waals surface area (Å²) in [6, 6.07) is 28.2. The predicted molar refractivity (Wildman–Crippen MR) is 101 cm³/mol. The maximum atomic E-state index is 12.3. The van der Waals surface area contributed by atoms with Gasteiger partial charge in [0, 0.05) is 16.7 Å². The summed E-state index contributed by atoms with van der Waals surface area (Å²) < 4.78 is 5.83. The number of hydrogen-bond donors (Lipinski definition) is 1. The van der Waals surface area contributed by atoms with Crippen molar-refractivity contribution in [2.75, 3.05) is 0 Å². The molecule has 0 amide bonds. The van der Waals surface area contributed by atoms with E-state index in [9.17, 15) is 9.90 Å². The molecule has 0 aliphatic rings. The number of ether oxygens (including phenoxy) is 1. The summed E-state index contributed by atoms with van der Waals surface area (Å²) in [5.74, 6) is -0.938. The van der Waals surface area contributed by atoms with Crippen LogP contribution in [0.15, 0.2) is 91.0 Å². The molecule has 0 atom stereocenters. The number of esters is 1. The fourth-order valence-electron chi connectivity index (χ4n) is 2.88. The molecule has 0 bridgehead atoms. The van der Waals surface area contributed by atoms with E-state index >= 15 is 0 Å². The van der Waals surface area contributed by atoms with E-state index in [-0.39, 0.29) is 0 Å². The monoisotopic (exact) mass is 348 g/mol. The summed E-state index contributed by atoms with van der Waals surface area (Å²) >= 11 is 4.62. The number of thiocarbonyl (C=S) groups is 1. The minimum Gasteiger partial charge on any atom is -0.494 e. The molecule has 124 valence electrons. The van der Waals surface area contributed by atoms with Gasteiger partial charge in [0.2, 0.25) is 0 Å². The molecule has 0 aromatic heterocycles. The number of aliphatic hydroxyl groups excluding tert-OH is 1. The second kappa shape index (κ2) is 7.28. The highest BCUT2D eigenvalue weighted by molar-refractivity contribution is 7.81. The molecule has 25 heavy (non-hydrogen) atoms. The fraction of sp³-hybridized carbons (Fsp3) is 0.0476. The van der Waals surface area contributed by atoms with Crippen molar-refractivity contribution in [1.82, 2.24) is 0 Å². The largest absolute Gasteiger partial charge is 0.494 e. The molecule has 0 unspecified atom stereocenters. The number of carbonyl (C=O) groups excluding carboxylic acids is 1. The third kappa shape index (κ3) is 3.30. The molecule has 0 saturated carbocycles. The minimum absolute atomic E-state index is 0.761. The first-order valence-electron chi connectivity index (χ1n) is 7.77. The van der Waals surface area contributed by atoms with Crippen molar-refractivity contribution in [3.05, 3.63) is 108 Å². The zero-order valence-corrected chi connectivity index (χ0v) is 14.1. The average molecular weight is 348 g/mol. The van der Waals surface area contributed by atoms with Crippen molar-refractivity contribution in [3.8, 4) is 0 Å².